The molecule has 6 nitrogen and oxygen atoms in total. The first kappa shape index (κ1) is 19.0. The van der Waals surface area contributed by atoms with Crippen molar-refractivity contribution in [3.63, 3.8) is 0 Å². The van der Waals surface area contributed by atoms with Gasteiger partial charge in [-0.15, -0.1) is 0 Å². The van der Waals surface area contributed by atoms with Crippen molar-refractivity contribution in [1.82, 2.24) is 9.97 Å². The van der Waals surface area contributed by atoms with E-state index in [2.05, 4.69) is 14.7 Å². The minimum Gasteiger partial charge on any atom is -0.496 e. The molecule has 0 spiro atoms. The third-order valence-electron chi connectivity index (χ3n) is 4.72. The van der Waals surface area contributed by atoms with Gasteiger partial charge in [-0.2, -0.15) is 0 Å². The van der Waals surface area contributed by atoms with E-state index >= 15 is 0 Å². The molecule has 0 saturated carbocycles. The van der Waals surface area contributed by atoms with Crippen LogP contribution in [-0.4, -0.2) is 25.5 Å². The number of anilines is 1. The number of aromatic amines is 1. The predicted octanol–water partition coefficient (Wildman–Crippen LogP) is 4.66. The average molecular weight is 407 g/mol. The van der Waals surface area contributed by atoms with Gasteiger partial charge in [0.25, 0.3) is 10.0 Å². The van der Waals surface area contributed by atoms with Gasteiger partial charge < -0.3 is 9.72 Å². The minimum absolute atomic E-state index is 0.188. The molecule has 7 heteroatoms. The molecule has 1 aromatic heterocycles. The summed E-state index contributed by atoms with van der Waals surface area (Å²) >= 11 is 0. The van der Waals surface area contributed by atoms with Crippen LogP contribution in [0.4, 0.5) is 5.69 Å². The van der Waals surface area contributed by atoms with Crippen molar-refractivity contribution in [2.24, 2.45) is 0 Å². The van der Waals surface area contributed by atoms with Crippen LogP contribution in [0.1, 0.15) is 11.1 Å². The average Bonchev–Trinajstić information content (AvgIpc) is 3.11. The number of hydrogen-bond acceptors (Lipinski definition) is 4. The maximum absolute atomic E-state index is 12.7. The van der Waals surface area contributed by atoms with Gasteiger partial charge in [0.15, 0.2) is 0 Å². The maximum Gasteiger partial charge on any atom is 0.261 e. The number of fused-ring (bicyclic) bond motifs is 1. The number of aryl methyl sites for hydroxylation is 2. The van der Waals surface area contributed by atoms with Crippen LogP contribution in [0.3, 0.4) is 0 Å². The zero-order valence-electron chi connectivity index (χ0n) is 16.4. The SMILES string of the molecule is COc1ccc(S(=O)(=O)Nc2ccc(-c3nc4ccc(C)cc4[nH]3)cc2)cc1C. The van der Waals surface area contributed by atoms with Crippen LogP contribution in [0, 0.1) is 13.8 Å². The molecule has 29 heavy (non-hydrogen) atoms. The molecule has 2 N–H and O–H groups in total. The number of methoxy groups -OCH3 is 1. The van der Waals surface area contributed by atoms with Gasteiger partial charge in [0.05, 0.1) is 23.0 Å². The van der Waals surface area contributed by atoms with Gasteiger partial charge in [0, 0.05) is 11.3 Å². The number of imidazole rings is 1. The molecule has 4 aromatic rings. The van der Waals surface area contributed by atoms with Crippen LogP contribution in [0.25, 0.3) is 22.4 Å². The Balaban J connectivity index is 1.58. The summed E-state index contributed by atoms with van der Waals surface area (Å²) < 4.78 is 33.2. The first-order valence-corrected chi connectivity index (χ1v) is 10.6. The molecule has 0 bridgehead atoms. The lowest BCUT2D eigenvalue weighted by atomic mass is 10.2. The number of hydrogen-bond donors (Lipinski definition) is 2. The second kappa shape index (κ2) is 7.25. The van der Waals surface area contributed by atoms with E-state index in [-0.39, 0.29) is 4.90 Å². The largest absolute Gasteiger partial charge is 0.496 e. The molecular formula is C22H21N3O3S. The topological polar surface area (TPSA) is 84.1 Å². The number of ether oxygens (including phenoxy) is 1. The third kappa shape index (κ3) is 3.82. The van der Waals surface area contributed by atoms with Crippen molar-refractivity contribution in [2.75, 3.05) is 11.8 Å². The third-order valence-corrected chi connectivity index (χ3v) is 6.10. The van der Waals surface area contributed by atoms with Crippen molar-refractivity contribution in [2.45, 2.75) is 18.7 Å². The molecule has 0 aliphatic heterocycles. The van der Waals surface area contributed by atoms with Crippen LogP contribution < -0.4 is 9.46 Å². The molecule has 0 saturated heterocycles. The van der Waals surface area contributed by atoms with Gasteiger partial charge in [0.2, 0.25) is 0 Å². The Morgan fingerprint density at radius 3 is 2.41 bits per heavy atom. The number of sulfonamides is 1. The fourth-order valence-electron chi connectivity index (χ4n) is 3.19. The lowest BCUT2D eigenvalue weighted by molar-refractivity contribution is 0.411. The van der Waals surface area contributed by atoms with Crippen LogP contribution in [0.5, 0.6) is 5.75 Å². The quantitative estimate of drug-likeness (QED) is 0.504. The smallest absolute Gasteiger partial charge is 0.261 e. The molecule has 0 fully saturated rings. The van der Waals surface area contributed by atoms with Gasteiger partial charge in [0.1, 0.15) is 11.6 Å². The van der Waals surface area contributed by atoms with E-state index in [1.54, 1.807) is 31.4 Å². The number of nitrogens with one attached hydrogen (secondary N) is 2. The Morgan fingerprint density at radius 2 is 1.72 bits per heavy atom. The fourth-order valence-corrected chi connectivity index (χ4v) is 4.33. The number of rotatable bonds is 5. The highest BCUT2D eigenvalue weighted by atomic mass is 32.2. The van der Waals surface area contributed by atoms with Crippen molar-refractivity contribution in [3.8, 4) is 17.1 Å². The highest BCUT2D eigenvalue weighted by Gasteiger charge is 2.16. The van der Waals surface area contributed by atoms with Crippen LogP contribution >= 0.6 is 0 Å². The van der Waals surface area contributed by atoms with E-state index in [1.807, 2.05) is 44.2 Å². The summed E-state index contributed by atoms with van der Waals surface area (Å²) in [4.78, 5) is 8.09. The van der Waals surface area contributed by atoms with Gasteiger partial charge in [-0.3, -0.25) is 4.72 Å². The lowest BCUT2D eigenvalue weighted by Gasteiger charge is -2.11. The molecule has 3 aromatic carbocycles. The van der Waals surface area contributed by atoms with Crippen molar-refractivity contribution >= 4 is 26.7 Å². The zero-order chi connectivity index (χ0) is 20.6. The fraction of sp³-hybridized carbons (Fsp3) is 0.136. The monoisotopic (exact) mass is 407 g/mol. The number of H-pyrrole nitrogens is 1. The Labute approximate surface area is 169 Å². The van der Waals surface area contributed by atoms with E-state index < -0.39 is 10.0 Å². The van der Waals surface area contributed by atoms with Crippen LogP contribution in [0.15, 0.2) is 65.6 Å². The summed E-state index contributed by atoms with van der Waals surface area (Å²) in [5.41, 5.74) is 5.14. The van der Waals surface area contributed by atoms with Gasteiger partial charge in [-0.1, -0.05) is 6.07 Å². The molecule has 0 atom stereocenters. The molecule has 0 aliphatic carbocycles. The molecule has 0 aliphatic rings. The van der Waals surface area contributed by atoms with Crippen molar-refractivity contribution < 1.29 is 13.2 Å². The first-order valence-electron chi connectivity index (χ1n) is 9.10. The summed E-state index contributed by atoms with van der Waals surface area (Å²) in [6.07, 6.45) is 0. The molecule has 1 heterocycles. The highest BCUT2D eigenvalue weighted by Crippen LogP contribution is 2.25. The van der Waals surface area contributed by atoms with Gasteiger partial charge in [-0.25, -0.2) is 13.4 Å². The number of nitrogens with zero attached hydrogens (tertiary/aromatic N) is 1. The Bertz CT molecular complexity index is 1290. The summed E-state index contributed by atoms with van der Waals surface area (Å²) in [7, 11) is -2.14. The van der Waals surface area contributed by atoms with E-state index in [9.17, 15) is 8.42 Å². The minimum atomic E-state index is -3.69. The van der Waals surface area contributed by atoms with Crippen molar-refractivity contribution in [3.05, 3.63) is 71.8 Å². The Hall–Kier alpha value is -3.32. The van der Waals surface area contributed by atoms with Crippen molar-refractivity contribution in [1.29, 1.82) is 0 Å². The molecule has 0 unspecified atom stereocenters. The van der Waals surface area contributed by atoms with E-state index in [1.165, 1.54) is 6.07 Å². The maximum atomic E-state index is 12.7. The summed E-state index contributed by atoms with van der Waals surface area (Å²) in [6.45, 7) is 3.84. The van der Waals surface area contributed by atoms with Crippen LogP contribution in [-0.2, 0) is 10.0 Å². The number of benzene rings is 3. The second-order valence-electron chi connectivity index (χ2n) is 6.92. The summed E-state index contributed by atoms with van der Waals surface area (Å²) in [5.74, 6) is 1.39. The van der Waals surface area contributed by atoms with E-state index in [0.717, 1.165) is 33.5 Å². The van der Waals surface area contributed by atoms with E-state index in [0.29, 0.717) is 11.4 Å². The second-order valence-corrected chi connectivity index (χ2v) is 8.60. The van der Waals surface area contributed by atoms with Crippen LogP contribution in [0.2, 0.25) is 0 Å². The standard InChI is InChI=1S/C22H21N3O3S/c1-14-4-10-19-20(12-14)24-22(23-19)16-5-7-17(8-6-16)25-29(26,27)18-9-11-21(28-3)15(2)13-18/h4-13,25H,1-3H3,(H,23,24). The molecule has 0 amide bonds. The van der Waals surface area contributed by atoms with E-state index in [4.69, 9.17) is 4.74 Å². The summed E-state index contributed by atoms with van der Waals surface area (Å²) in [5, 5.41) is 0. The van der Waals surface area contributed by atoms with Gasteiger partial charge >= 0.3 is 0 Å². The Kier molecular flexibility index (Phi) is 4.76. The molecular weight excluding hydrogens is 386 g/mol. The van der Waals surface area contributed by atoms with Gasteiger partial charge in [-0.05, 0) is 79.6 Å². The molecule has 148 valence electrons. The lowest BCUT2D eigenvalue weighted by Crippen LogP contribution is -2.13. The zero-order valence-corrected chi connectivity index (χ0v) is 17.2. The highest BCUT2D eigenvalue weighted by molar-refractivity contribution is 7.92. The molecule has 4 rings (SSSR count). The predicted molar refractivity (Wildman–Crippen MR) is 115 cm³/mol. The Morgan fingerprint density at radius 1 is 0.966 bits per heavy atom. The number of aromatic nitrogens is 2. The first-order chi connectivity index (χ1) is 13.9. The molecule has 0 radical (unpaired) electrons. The summed E-state index contributed by atoms with van der Waals surface area (Å²) in [6, 6.07) is 17.9. The normalized spacial score (nSPS) is 11.6.